The topological polar surface area (TPSA) is 92.9 Å². The lowest BCUT2D eigenvalue weighted by atomic mass is 9.97. The molecule has 0 radical (unpaired) electrons. The predicted octanol–water partition coefficient (Wildman–Crippen LogP) is 2.80. The van der Waals surface area contributed by atoms with Crippen LogP contribution in [0.25, 0.3) is 0 Å². The van der Waals surface area contributed by atoms with Gasteiger partial charge in [-0.05, 0) is 40.5 Å². The van der Waals surface area contributed by atoms with Crippen molar-refractivity contribution in [2.24, 2.45) is 0 Å². The lowest BCUT2D eigenvalue weighted by Gasteiger charge is -2.32. The summed E-state index contributed by atoms with van der Waals surface area (Å²) in [4.78, 5) is 28.8. The number of carboxylic acid groups (broad SMARTS) is 1. The standard InChI is InChI=1S/C15H22N2O5/c1-9-11(13(18)19)21-12(16-9)10-5-7-17(8-6-10)14(20)22-15(2,3)4/h10H,5-8H2,1-4H3,(H,18,19). The summed E-state index contributed by atoms with van der Waals surface area (Å²) in [5.41, 5.74) is -0.124. The second kappa shape index (κ2) is 5.98. The van der Waals surface area contributed by atoms with Crippen LogP contribution in [-0.4, -0.2) is 45.7 Å². The molecule has 0 unspecified atom stereocenters. The van der Waals surface area contributed by atoms with Gasteiger partial charge in [0, 0.05) is 19.0 Å². The Morgan fingerprint density at radius 2 is 1.91 bits per heavy atom. The Bertz CT molecular complexity index is 565. The minimum atomic E-state index is -1.11. The van der Waals surface area contributed by atoms with Crippen molar-refractivity contribution in [2.45, 2.75) is 52.1 Å². The minimum absolute atomic E-state index is 0.0329. The number of nitrogens with zero attached hydrogens (tertiary/aromatic N) is 2. The van der Waals surface area contributed by atoms with Crippen molar-refractivity contribution < 1.29 is 23.8 Å². The molecule has 0 spiro atoms. The second-order valence-corrected chi connectivity index (χ2v) is 6.51. The molecule has 2 rings (SSSR count). The summed E-state index contributed by atoms with van der Waals surface area (Å²) in [7, 11) is 0. The van der Waals surface area contributed by atoms with Gasteiger partial charge in [-0.15, -0.1) is 0 Å². The van der Waals surface area contributed by atoms with Gasteiger partial charge in [-0.25, -0.2) is 14.6 Å². The maximum atomic E-state index is 12.0. The van der Waals surface area contributed by atoms with Crippen molar-refractivity contribution in [1.29, 1.82) is 0 Å². The SMILES string of the molecule is Cc1nc(C2CCN(C(=O)OC(C)(C)C)CC2)oc1C(=O)O. The Balaban J connectivity index is 1.96. The molecule has 0 saturated carbocycles. The molecule has 0 bridgehead atoms. The number of hydrogen-bond donors (Lipinski definition) is 1. The third-order valence-electron chi connectivity index (χ3n) is 3.50. The smallest absolute Gasteiger partial charge is 0.410 e. The summed E-state index contributed by atoms with van der Waals surface area (Å²) >= 11 is 0. The summed E-state index contributed by atoms with van der Waals surface area (Å²) in [6, 6.07) is 0. The van der Waals surface area contributed by atoms with E-state index in [2.05, 4.69) is 4.98 Å². The van der Waals surface area contributed by atoms with Gasteiger partial charge in [-0.2, -0.15) is 0 Å². The van der Waals surface area contributed by atoms with Crippen LogP contribution in [-0.2, 0) is 4.74 Å². The van der Waals surface area contributed by atoms with Crippen LogP contribution in [0.5, 0.6) is 0 Å². The lowest BCUT2D eigenvalue weighted by Crippen LogP contribution is -2.41. The van der Waals surface area contributed by atoms with E-state index in [9.17, 15) is 9.59 Å². The first-order valence-corrected chi connectivity index (χ1v) is 7.36. The molecule has 1 saturated heterocycles. The number of likely N-dealkylation sites (tertiary alicyclic amines) is 1. The number of carbonyl (C=O) groups excluding carboxylic acids is 1. The number of rotatable bonds is 2. The molecule has 0 aliphatic carbocycles. The van der Waals surface area contributed by atoms with E-state index in [-0.39, 0.29) is 17.8 Å². The molecule has 2 heterocycles. The van der Waals surface area contributed by atoms with E-state index >= 15 is 0 Å². The van der Waals surface area contributed by atoms with Gasteiger partial charge in [0.05, 0.1) is 5.69 Å². The first-order chi connectivity index (χ1) is 10.2. The van der Waals surface area contributed by atoms with Crippen molar-refractivity contribution in [3.63, 3.8) is 0 Å². The molecule has 0 atom stereocenters. The van der Waals surface area contributed by atoms with E-state index in [4.69, 9.17) is 14.3 Å². The summed E-state index contributed by atoms with van der Waals surface area (Å²) in [5.74, 6) is -0.740. The number of aryl methyl sites for hydroxylation is 1. The zero-order valence-corrected chi connectivity index (χ0v) is 13.4. The van der Waals surface area contributed by atoms with E-state index in [1.165, 1.54) is 0 Å². The Labute approximate surface area is 129 Å². The molecule has 122 valence electrons. The average Bonchev–Trinajstić information content (AvgIpc) is 2.79. The zero-order valence-electron chi connectivity index (χ0n) is 13.4. The first-order valence-electron chi connectivity index (χ1n) is 7.36. The van der Waals surface area contributed by atoms with Crippen LogP contribution in [0.2, 0.25) is 0 Å². The fraction of sp³-hybridized carbons (Fsp3) is 0.667. The number of aromatic carboxylic acids is 1. The number of hydrogen-bond acceptors (Lipinski definition) is 5. The Morgan fingerprint density at radius 3 is 2.36 bits per heavy atom. The molecule has 7 heteroatoms. The van der Waals surface area contributed by atoms with Gasteiger partial charge in [-0.3, -0.25) is 0 Å². The highest BCUT2D eigenvalue weighted by atomic mass is 16.6. The summed E-state index contributed by atoms with van der Waals surface area (Å²) < 4.78 is 10.7. The maximum Gasteiger partial charge on any atom is 0.410 e. The van der Waals surface area contributed by atoms with Crippen molar-refractivity contribution in [3.05, 3.63) is 17.3 Å². The van der Waals surface area contributed by atoms with E-state index in [0.29, 0.717) is 37.5 Å². The number of oxazole rings is 1. The third-order valence-corrected chi connectivity index (χ3v) is 3.50. The van der Waals surface area contributed by atoms with Crippen LogP contribution >= 0.6 is 0 Å². The van der Waals surface area contributed by atoms with Gasteiger partial charge >= 0.3 is 12.1 Å². The van der Waals surface area contributed by atoms with Crippen LogP contribution in [0.3, 0.4) is 0 Å². The molecule has 1 aromatic heterocycles. The molecule has 0 aromatic carbocycles. The van der Waals surface area contributed by atoms with E-state index in [1.807, 2.05) is 20.8 Å². The van der Waals surface area contributed by atoms with E-state index in [0.717, 1.165) is 0 Å². The second-order valence-electron chi connectivity index (χ2n) is 6.51. The molecule has 1 aliphatic rings. The zero-order chi connectivity index (χ0) is 16.5. The van der Waals surface area contributed by atoms with Gasteiger partial charge in [-0.1, -0.05) is 0 Å². The van der Waals surface area contributed by atoms with Crippen molar-refractivity contribution in [1.82, 2.24) is 9.88 Å². The summed E-state index contributed by atoms with van der Waals surface area (Å²) in [5, 5.41) is 9.00. The third kappa shape index (κ3) is 3.78. The van der Waals surface area contributed by atoms with Gasteiger partial charge in [0.2, 0.25) is 5.76 Å². The Morgan fingerprint density at radius 1 is 1.32 bits per heavy atom. The number of ether oxygens (including phenoxy) is 1. The normalized spacial score (nSPS) is 16.6. The van der Waals surface area contributed by atoms with E-state index < -0.39 is 11.6 Å². The van der Waals surface area contributed by atoms with Gasteiger partial charge in [0.25, 0.3) is 0 Å². The number of carboxylic acids is 1. The number of carbonyl (C=O) groups is 2. The first kappa shape index (κ1) is 16.3. The fourth-order valence-electron chi connectivity index (χ4n) is 2.43. The van der Waals surface area contributed by atoms with Crippen molar-refractivity contribution in [3.8, 4) is 0 Å². The molecule has 1 aliphatic heterocycles. The largest absolute Gasteiger partial charge is 0.475 e. The number of aromatic nitrogens is 1. The van der Waals surface area contributed by atoms with Gasteiger partial charge in [0.15, 0.2) is 5.89 Å². The van der Waals surface area contributed by atoms with Crippen molar-refractivity contribution >= 4 is 12.1 Å². The minimum Gasteiger partial charge on any atom is -0.475 e. The van der Waals surface area contributed by atoms with Crippen LogP contribution in [0, 0.1) is 6.92 Å². The highest BCUT2D eigenvalue weighted by molar-refractivity contribution is 5.85. The van der Waals surface area contributed by atoms with Gasteiger partial charge < -0.3 is 19.2 Å². The molecule has 1 aromatic rings. The van der Waals surface area contributed by atoms with Crippen LogP contribution < -0.4 is 0 Å². The Hall–Kier alpha value is -2.05. The highest BCUT2D eigenvalue weighted by Gasteiger charge is 2.30. The number of piperidine rings is 1. The average molecular weight is 310 g/mol. The summed E-state index contributed by atoms with van der Waals surface area (Å²) in [6.07, 6.45) is 1.04. The highest BCUT2D eigenvalue weighted by Crippen LogP contribution is 2.29. The van der Waals surface area contributed by atoms with E-state index in [1.54, 1.807) is 11.8 Å². The molecule has 1 N–H and O–H groups in total. The fourth-order valence-corrected chi connectivity index (χ4v) is 2.43. The van der Waals surface area contributed by atoms with Crippen LogP contribution in [0.15, 0.2) is 4.42 Å². The summed E-state index contributed by atoms with van der Waals surface area (Å²) in [6.45, 7) is 8.21. The lowest BCUT2D eigenvalue weighted by molar-refractivity contribution is 0.0199. The molecular formula is C15H22N2O5. The van der Waals surface area contributed by atoms with Crippen LogP contribution in [0.4, 0.5) is 4.79 Å². The molecule has 1 amide bonds. The maximum absolute atomic E-state index is 12.0. The van der Waals surface area contributed by atoms with Crippen molar-refractivity contribution in [2.75, 3.05) is 13.1 Å². The molecule has 1 fully saturated rings. The van der Waals surface area contributed by atoms with Crippen LogP contribution in [0.1, 0.15) is 61.7 Å². The quantitative estimate of drug-likeness (QED) is 0.903. The molecule has 7 nitrogen and oxygen atoms in total. The molecule has 22 heavy (non-hydrogen) atoms. The predicted molar refractivity (Wildman–Crippen MR) is 78.0 cm³/mol. The number of amides is 1. The van der Waals surface area contributed by atoms with Gasteiger partial charge in [0.1, 0.15) is 5.60 Å². The molecular weight excluding hydrogens is 288 g/mol. The monoisotopic (exact) mass is 310 g/mol. The Kier molecular flexibility index (Phi) is 4.44.